The highest BCUT2D eigenvalue weighted by Gasteiger charge is 2.53. The van der Waals surface area contributed by atoms with Gasteiger partial charge in [-0.2, -0.15) is 9.48 Å². The summed E-state index contributed by atoms with van der Waals surface area (Å²) in [6.45, 7) is -0.573. The number of para-hydroxylation sites is 1. The Kier molecular flexibility index (Phi) is 5.37. The van der Waals surface area contributed by atoms with Crippen LogP contribution in [0.15, 0.2) is 51.7 Å². The second kappa shape index (κ2) is 7.25. The van der Waals surface area contributed by atoms with Crippen molar-refractivity contribution in [1.29, 1.82) is 0 Å². The van der Waals surface area contributed by atoms with Gasteiger partial charge in [0.25, 0.3) is 0 Å². The van der Waals surface area contributed by atoms with E-state index >= 15 is 0 Å². The first kappa shape index (κ1) is 19.3. The number of nitrogens with zero attached hydrogens (tertiary/aromatic N) is 2. The highest BCUT2D eigenvalue weighted by atomic mass is 79.9. The van der Waals surface area contributed by atoms with Gasteiger partial charge in [-0.1, -0.05) is 17.7 Å². The molecule has 1 unspecified atom stereocenters. The summed E-state index contributed by atoms with van der Waals surface area (Å²) in [4.78, 5) is 4.08. The zero-order valence-electron chi connectivity index (χ0n) is 13.3. The molecule has 136 valence electrons. The third kappa shape index (κ3) is 2.75. The van der Waals surface area contributed by atoms with Crippen molar-refractivity contribution in [2.75, 3.05) is 13.7 Å². The Bertz CT molecular complexity index is 932. The summed E-state index contributed by atoms with van der Waals surface area (Å²) in [6.07, 6.45) is 0. The van der Waals surface area contributed by atoms with Gasteiger partial charge in [0.15, 0.2) is 27.6 Å². The van der Waals surface area contributed by atoms with Crippen LogP contribution in [0.1, 0.15) is 0 Å². The third-order valence-corrected chi connectivity index (χ3v) is 5.32. The van der Waals surface area contributed by atoms with Crippen LogP contribution in [0.4, 0.5) is 20.2 Å². The molecule has 9 heteroatoms. The second-order valence-electron chi connectivity index (χ2n) is 5.33. The molecule has 0 saturated carbocycles. The fourth-order valence-electron chi connectivity index (χ4n) is 2.93. The molecule has 0 aromatic heterocycles. The fraction of sp³-hybridized carbons (Fsp3) is 0.118. The van der Waals surface area contributed by atoms with Gasteiger partial charge in [-0.05, 0) is 34.1 Å². The quantitative estimate of drug-likeness (QED) is 0.484. The Labute approximate surface area is 166 Å². The predicted octanol–water partition coefficient (Wildman–Crippen LogP) is 5.43. The van der Waals surface area contributed by atoms with Crippen LogP contribution in [0.3, 0.4) is 0 Å². The molecule has 0 radical (unpaired) electrons. The summed E-state index contributed by atoms with van der Waals surface area (Å²) in [5.74, 6) is -1.27. The molecule has 1 N–H and O–H groups in total. The lowest BCUT2D eigenvalue weighted by Gasteiger charge is -2.33. The van der Waals surface area contributed by atoms with Gasteiger partial charge in [0, 0.05) is 23.7 Å². The van der Waals surface area contributed by atoms with E-state index in [4.69, 9.17) is 27.9 Å². The van der Waals surface area contributed by atoms with Crippen molar-refractivity contribution in [3.63, 3.8) is 0 Å². The number of aliphatic hydroxyl groups is 1. The van der Waals surface area contributed by atoms with E-state index in [0.717, 1.165) is 12.1 Å². The van der Waals surface area contributed by atoms with Gasteiger partial charge < -0.3 is 9.84 Å². The first-order valence-electron chi connectivity index (χ1n) is 7.30. The second-order valence-corrected chi connectivity index (χ2v) is 6.83. The van der Waals surface area contributed by atoms with Gasteiger partial charge in [-0.3, -0.25) is 0 Å². The molecular weight excluding hydrogens is 453 g/mol. The van der Waals surface area contributed by atoms with E-state index in [1.807, 2.05) is 0 Å². The Morgan fingerprint density at radius 2 is 1.85 bits per heavy atom. The lowest BCUT2D eigenvalue weighted by atomic mass is 10.1. The number of halogens is 5. The molecule has 4 nitrogen and oxygen atoms in total. The minimum Gasteiger partial charge on any atom is -0.497 e. The molecule has 0 saturated heterocycles. The summed E-state index contributed by atoms with van der Waals surface area (Å²) in [5, 5.41) is 9.87. The van der Waals surface area contributed by atoms with Crippen molar-refractivity contribution in [2.45, 2.75) is 0 Å². The molecular formula is C17H12BrCl2F2N2O2+. The Balaban J connectivity index is 2.45. The molecule has 2 aromatic carbocycles. The average molecular weight is 465 g/mol. The number of hydrogen-bond donors (Lipinski definition) is 1. The summed E-state index contributed by atoms with van der Waals surface area (Å²) >= 11 is 16.0. The number of amidine groups is 1. The van der Waals surface area contributed by atoms with Crippen LogP contribution in [0.2, 0.25) is 5.02 Å². The van der Waals surface area contributed by atoms with Crippen LogP contribution in [-0.2, 0) is 0 Å². The average Bonchev–Trinajstić information content (AvgIpc) is 2.84. The zero-order chi connectivity index (χ0) is 19.1. The van der Waals surface area contributed by atoms with Crippen LogP contribution in [-0.4, -0.2) is 24.1 Å². The van der Waals surface area contributed by atoms with Crippen molar-refractivity contribution in [3.05, 3.63) is 63.4 Å². The molecule has 3 rings (SSSR count). The number of quaternary nitrogens is 1. The first-order chi connectivity index (χ1) is 12.4. The van der Waals surface area contributed by atoms with Crippen LogP contribution < -0.4 is 9.22 Å². The number of rotatable bonds is 4. The molecule has 1 aliphatic rings. The SMILES string of the molecule is COc1ccc([N+]2(c3c(F)cccc3F)C(Cl)=NC(Br)=C2CO)c(Cl)c1. The largest absolute Gasteiger partial charge is 0.497 e. The normalized spacial score (nSPS) is 19.7. The van der Waals surface area contributed by atoms with Crippen molar-refractivity contribution < 1.29 is 18.6 Å². The number of ether oxygens (including phenoxy) is 1. The van der Waals surface area contributed by atoms with E-state index in [1.54, 1.807) is 6.07 Å². The molecule has 0 fully saturated rings. The van der Waals surface area contributed by atoms with Gasteiger partial charge in [-0.15, -0.1) is 0 Å². The zero-order valence-corrected chi connectivity index (χ0v) is 16.4. The molecule has 2 aromatic rings. The Morgan fingerprint density at radius 3 is 2.38 bits per heavy atom. The van der Waals surface area contributed by atoms with Gasteiger partial charge in [0.05, 0.1) is 7.11 Å². The van der Waals surface area contributed by atoms with Crippen molar-refractivity contribution in [1.82, 2.24) is 4.48 Å². The molecule has 1 aliphatic heterocycles. The maximum atomic E-state index is 14.8. The number of hydrogen-bond acceptors (Lipinski definition) is 3. The number of aliphatic hydroxyl groups excluding tert-OH is 1. The van der Waals surface area contributed by atoms with E-state index in [0.29, 0.717) is 5.75 Å². The first-order valence-corrected chi connectivity index (χ1v) is 8.85. The summed E-state index contributed by atoms with van der Waals surface area (Å²) in [7, 11) is 1.46. The lowest BCUT2D eigenvalue weighted by Crippen LogP contribution is -2.47. The molecule has 1 heterocycles. The highest BCUT2D eigenvalue weighted by molar-refractivity contribution is 9.11. The maximum absolute atomic E-state index is 14.8. The van der Waals surface area contributed by atoms with Gasteiger partial charge in [-0.25, -0.2) is 8.78 Å². The monoisotopic (exact) mass is 463 g/mol. The number of benzene rings is 2. The summed E-state index contributed by atoms with van der Waals surface area (Å²) < 4.78 is 34.0. The summed E-state index contributed by atoms with van der Waals surface area (Å²) in [5.41, 5.74) is -0.0957. The van der Waals surface area contributed by atoms with Gasteiger partial charge >= 0.3 is 5.29 Å². The van der Waals surface area contributed by atoms with Crippen molar-refractivity contribution in [2.24, 2.45) is 4.99 Å². The van der Waals surface area contributed by atoms with Crippen molar-refractivity contribution >= 4 is 55.8 Å². The van der Waals surface area contributed by atoms with E-state index in [1.165, 1.54) is 25.3 Å². The molecule has 0 aliphatic carbocycles. The van der Waals surface area contributed by atoms with Crippen LogP contribution >= 0.6 is 39.1 Å². The minimum absolute atomic E-state index is 0.117. The lowest BCUT2D eigenvalue weighted by molar-refractivity contribution is 0.309. The van der Waals surface area contributed by atoms with E-state index < -0.39 is 28.4 Å². The molecule has 1 atom stereocenters. The summed E-state index contributed by atoms with van der Waals surface area (Å²) in [6, 6.07) is 8.01. The smallest absolute Gasteiger partial charge is 0.316 e. The van der Waals surface area contributed by atoms with Gasteiger partial charge in [0.2, 0.25) is 5.69 Å². The Morgan fingerprint density at radius 1 is 1.19 bits per heavy atom. The third-order valence-electron chi connectivity index (χ3n) is 4.05. The van der Waals surface area contributed by atoms with E-state index in [2.05, 4.69) is 20.9 Å². The van der Waals surface area contributed by atoms with Crippen LogP contribution in [0.25, 0.3) is 0 Å². The molecule has 0 bridgehead atoms. The van der Waals surface area contributed by atoms with E-state index in [-0.39, 0.29) is 26.3 Å². The number of aliphatic imine (C=N–C) groups is 1. The fourth-order valence-corrected chi connectivity index (χ4v) is 4.25. The van der Waals surface area contributed by atoms with Crippen LogP contribution in [0.5, 0.6) is 5.75 Å². The Hall–Kier alpha value is -1.51. The molecule has 26 heavy (non-hydrogen) atoms. The minimum atomic E-state index is -0.863. The molecule has 0 amide bonds. The highest BCUT2D eigenvalue weighted by Crippen LogP contribution is 2.51. The molecule has 0 spiro atoms. The van der Waals surface area contributed by atoms with Crippen molar-refractivity contribution in [3.8, 4) is 5.75 Å². The van der Waals surface area contributed by atoms with Gasteiger partial charge in [0.1, 0.15) is 17.4 Å². The topological polar surface area (TPSA) is 41.8 Å². The van der Waals surface area contributed by atoms with Crippen LogP contribution in [0, 0.1) is 11.6 Å². The number of methoxy groups -OCH3 is 1. The standard InChI is InChI=1S/C17H12BrCl2F2N2O2/c1-26-9-5-6-13(10(19)7-9)24(14(8-25)16(18)23-17(24)20)15-11(21)3-2-4-12(15)22/h2-7,25H,8H2,1H3/q+1. The predicted molar refractivity (Wildman–Crippen MR) is 102 cm³/mol. The van der Waals surface area contributed by atoms with E-state index in [9.17, 15) is 13.9 Å². The maximum Gasteiger partial charge on any atom is 0.316 e.